The Morgan fingerprint density at radius 3 is 2.72 bits per heavy atom. The second-order valence-electron chi connectivity index (χ2n) is 5.89. The highest BCUT2D eigenvalue weighted by Crippen LogP contribution is 2.22. The van der Waals surface area contributed by atoms with E-state index in [9.17, 15) is 9.59 Å². The number of amides is 1. The number of ketones is 1. The summed E-state index contributed by atoms with van der Waals surface area (Å²) in [5.74, 6) is -0.290. The van der Waals surface area contributed by atoms with Gasteiger partial charge in [0.2, 0.25) is 0 Å². The third kappa shape index (κ3) is 3.35. The summed E-state index contributed by atoms with van der Waals surface area (Å²) >= 11 is 3.47. The predicted octanol–water partition coefficient (Wildman–Crippen LogP) is 4.42. The number of rotatable bonds is 4. The highest BCUT2D eigenvalue weighted by atomic mass is 79.9. The molecule has 25 heavy (non-hydrogen) atoms. The second-order valence-corrected chi connectivity index (χ2v) is 6.80. The highest BCUT2D eigenvalue weighted by molar-refractivity contribution is 9.10. The van der Waals surface area contributed by atoms with Gasteiger partial charge in [-0.15, -0.1) is 0 Å². The van der Waals surface area contributed by atoms with E-state index in [1.54, 1.807) is 24.3 Å². The lowest BCUT2D eigenvalue weighted by molar-refractivity contribution is 0.100. The van der Waals surface area contributed by atoms with Crippen LogP contribution < -0.4 is 5.32 Å². The van der Waals surface area contributed by atoms with Crippen molar-refractivity contribution >= 4 is 39.0 Å². The zero-order chi connectivity index (χ0) is 18.1. The van der Waals surface area contributed by atoms with Gasteiger partial charge in [0.15, 0.2) is 5.78 Å². The van der Waals surface area contributed by atoms with Gasteiger partial charge < -0.3 is 5.32 Å². The van der Waals surface area contributed by atoms with Crippen LogP contribution >= 0.6 is 15.9 Å². The third-order valence-corrected chi connectivity index (χ3v) is 4.45. The molecule has 1 amide bonds. The molecule has 1 aromatic carbocycles. The number of anilines is 1. The zero-order valence-electron chi connectivity index (χ0n) is 14.3. The van der Waals surface area contributed by atoms with E-state index in [2.05, 4.69) is 26.2 Å². The number of imidazole rings is 1. The number of carbonyl (C=O) groups excluding carboxylic acids is 2. The minimum atomic E-state index is -0.248. The number of aryl methyl sites for hydroxylation is 2. The fraction of sp³-hybridized carbons (Fsp3) is 0.211. The summed E-state index contributed by atoms with van der Waals surface area (Å²) < 4.78 is 2.69. The number of pyridine rings is 1. The van der Waals surface area contributed by atoms with Crippen molar-refractivity contribution in [3.63, 3.8) is 0 Å². The van der Waals surface area contributed by atoms with Crippen LogP contribution in [0.15, 0.2) is 41.0 Å². The van der Waals surface area contributed by atoms with E-state index in [0.29, 0.717) is 23.4 Å². The summed E-state index contributed by atoms with van der Waals surface area (Å²) in [7, 11) is 0. The van der Waals surface area contributed by atoms with Crippen molar-refractivity contribution in [3.05, 3.63) is 63.5 Å². The van der Waals surface area contributed by atoms with E-state index in [1.165, 1.54) is 6.92 Å². The van der Waals surface area contributed by atoms with Gasteiger partial charge in [0.25, 0.3) is 5.91 Å². The molecule has 0 aliphatic heterocycles. The fourth-order valence-electron chi connectivity index (χ4n) is 2.81. The fourth-order valence-corrected chi connectivity index (χ4v) is 3.36. The van der Waals surface area contributed by atoms with Gasteiger partial charge in [-0.2, -0.15) is 0 Å². The Bertz CT molecular complexity index is 992. The average molecular weight is 400 g/mol. The molecular formula is C19H18BrN3O2. The number of aromatic nitrogens is 2. The van der Waals surface area contributed by atoms with Gasteiger partial charge in [-0.1, -0.05) is 19.1 Å². The Kier molecular flexibility index (Phi) is 4.72. The molecule has 0 unspecified atom stereocenters. The number of Topliss-reactive ketones (excluding diaryl/α,β-unsaturated/α-hetero) is 1. The van der Waals surface area contributed by atoms with Gasteiger partial charge in [-0.25, -0.2) is 4.98 Å². The number of fused-ring (bicyclic) bond motifs is 1. The van der Waals surface area contributed by atoms with Crippen LogP contribution in [0.5, 0.6) is 0 Å². The van der Waals surface area contributed by atoms with Crippen LogP contribution in [0.25, 0.3) is 5.65 Å². The lowest BCUT2D eigenvalue weighted by Crippen LogP contribution is -2.16. The molecule has 0 spiro atoms. The van der Waals surface area contributed by atoms with Gasteiger partial charge in [0, 0.05) is 21.9 Å². The number of nitrogens with one attached hydrogen (secondary N) is 1. The van der Waals surface area contributed by atoms with Crippen LogP contribution in [0.3, 0.4) is 0 Å². The Morgan fingerprint density at radius 1 is 1.28 bits per heavy atom. The molecule has 3 aromatic rings. The monoisotopic (exact) mass is 399 g/mol. The molecule has 2 heterocycles. The largest absolute Gasteiger partial charge is 0.321 e. The Morgan fingerprint density at radius 2 is 2.04 bits per heavy atom. The maximum absolute atomic E-state index is 12.9. The summed E-state index contributed by atoms with van der Waals surface area (Å²) in [6.07, 6.45) is 2.49. The first kappa shape index (κ1) is 17.4. The van der Waals surface area contributed by atoms with Crippen LogP contribution in [0.4, 0.5) is 5.69 Å². The van der Waals surface area contributed by atoms with E-state index in [0.717, 1.165) is 21.4 Å². The maximum Gasteiger partial charge on any atom is 0.274 e. The SMILES string of the molecule is CCc1nc2c(C)cc(Br)cn2c1C(=O)Nc1cccc(C(C)=O)c1. The minimum absolute atomic E-state index is 0.0419. The quantitative estimate of drug-likeness (QED) is 0.660. The van der Waals surface area contributed by atoms with E-state index in [-0.39, 0.29) is 11.7 Å². The molecule has 0 aliphatic carbocycles. The molecule has 0 aliphatic rings. The van der Waals surface area contributed by atoms with Gasteiger partial charge >= 0.3 is 0 Å². The predicted molar refractivity (Wildman–Crippen MR) is 101 cm³/mol. The molecule has 5 nitrogen and oxygen atoms in total. The molecule has 6 heteroatoms. The summed E-state index contributed by atoms with van der Waals surface area (Å²) in [5, 5.41) is 2.88. The summed E-state index contributed by atoms with van der Waals surface area (Å²) in [6, 6.07) is 8.89. The van der Waals surface area contributed by atoms with E-state index >= 15 is 0 Å². The van der Waals surface area contributed by atoms with Crippen molar-refractivity contribution in [2.24, 2.45) is 0 Å². The lowest BCUT2D eigenvalue weighted by Gasteiger charge is -2.08. The summed E-state index contributed by atoms with van der Waals surface area (Å²) in [6.45, 7) is 5.44. The first-order valence-electron chi connectivity index (χ1n) is 8.00. The van der Waals surface area contributed by atoms with E-state index < -0.39 is 0 Å². The smallest absolute Gasteiger partial charge is 0.274 e. The maximum atomic E-state index is 12.9. The Labute approximate surface area is 154 Å². The molecule has 0 saturated carbocycles. The topological polar surface area (TPSA) is 63.5 Å². The average Bonchev–Trinajstić information content (AvgIpc) is 2.93. The van der Waals surface area contributed by atoms with Crippen molar-refractivity contribution in [1.29, 1.82) is 0 Å². The number of hydrogen-bond donors (Lipinski definition) is 1. The van der Waals surface area contributed by atoms with Crippen LogP contribution in [0, 0.1) is 6.92 Å². The van der Waals surface area contributed by atoms with Gasteiger partial charge in [0.05, 0.1) is 5.69 Å². The first-order valence-corrected chi connectivity index (χ1v) is 8.79. The van der Waals surface area contributed by atoms with Crippen molar-refractivity contribution in [1.82, 2.24) is 9.38 Å². The Balaban J connectivity index is 2.05. The number of hydrogen-bond acceptors (Lipinski definition) is 3. The first-order chi connectivity index (χ1) is 11.9. The number of benzene rings is 1. The molecular weight excluding hydrogens is 382 g/mol. The number of nitrogens with zero attached hydrogens (tertiary/aromatic N) is 2. The van der Waals surface area contributed by atoms with Crippen molar-refractivity contribution in [2.45, 2.75) is 27.2 Å². The standard InChI is InChI=1S/C19H18BrN3O2/c1-4-16-17(23-10-14(20)8-11(2)18(23)22-16)19(25)21-15-7-5-6-13(9-15)12(3)24/h5-10H,4H2,1-3H3,(H,21,25). The van der Waals surface area contributed by atoms with Crippen LogP contribution in [0.1, 0.15) is 46.0 Å². The van der Waals surface area contributed by atoms with Gasteiger partial charge in [-0.3, -0.25) is 14.0 Å². The lowest BCUT2D eigenvalue weighted by atomic mass is 10.1. The normalized spacial score (nSPS) is 10.9. The molecule has 3 rings (SSSR count). The molecule has 0 radical (unpaired) electrons. The molecule has 0 atom stereocenters. The van der Waals surface area contributed by atoms with Crippen LogP contribution in [0.2, 0.25) is 0 Å². The highest BCUT2D eigenvalue weighted by Gasteiger charge is 2.20. The number of halogens is 1. The summed E-state index contributed by atoms with van der Waals surface area (Å²) in [5.41, 5.74) is 4.15. The van der Waals surface area contributed by atoms with Gasteiger partial charge in [-0.05, 0) is 60.0 Å². The van der Waals surface area contributed by atoms with Crippen molar-refractivity contribution in [2.75, 3.05) is 5.32 Å². The minimum Gasteiger partial charge on any atom is -0.321 e. The van der Waals surface area contributed by atoms with Crippen molar-refractivity contribution in [3.8, 4) is 0 Å². The van der Waals surface area contributed by atoms with Gasteiger partial charge in [0.1, 0.15) is 11.3 Å². The van der Waals surface area contributed by atoms with Crippen molar-refractivity contribution < 1.29 is 9.59 Å². The molecule has 0 saturated heterocycles. The van der Waals surface area contributed by atoms with Crippen LogP contribution in [-0.4, -0.2) is 21.1 Å². The molecule has 0 bridgehead atoms. The molecule has 128 valence electrons. The zero-order valence-corrected chi connectivity index (χ0v) is 15.8. The molecule has 2 aromatic heterocycles. The number of carbonyl (C=O) groups is 2. The Hall–Kier alpha value is -2.47. The molecule has 0 fully saturated rings. The van der Waals surface area contributed by atoms with Crippen LogP contribution in [-0.2, 0) is 6.42 Å². The second kappa shape index (κ2) is 6.80. The van der Waals surface area contributed by atoms with E-state index in [1.807, 2.05) is 30.5 Å². The van der Waals surface area contributed by atoms with E-state index in [4.69, 9.17) is 0 Å². The third-order valence-electron chi connectivity index (χ3n) is 4.02. The summed E-state index contributed by atoms with van der Waals surface area (Å²) in [4.78, 5) is 29.0. The molecule has 1 N–H and O–H groups in total.